The van der Waals surface area contributed by atoms with E-state index in [1.54, 1.807) is 24.0 Å². The smallest absolute Gasteiger partial charge is 0.210 e. The Morgan fingerprint density at radius 1 is 1.20 bits per heavy atom. The van der Waals surface area contributed by atoms with Crippen LogP contribution < -0.4 is 0 Å². The van der Waals surface area contributed by atoms with Crippen molar-refractivity contribution in [2.75, 3.05) is 6.26 Å². The van der Waals surface area contributed by atoms with Gasteiger partial charge in [0.1, 0.15) is 0 Å². The van der Waals surface area contributed by atoms with Gasteiger partial charge in [0.15, 0.2) is 0 Å². The third-order valence-electron chi connectivity index (χ3n) is 2.19. The number of rotatable bonds is 3. The molecular weight excluding hydrogens is 206 g/mol. The molecule has 1 heterocycles. The topological polar surface area (TPSA) is 32.9 Å². The van der Waals surface area contributed by atoms with Crippen LogP contribution in [0.15, 0.2) is 47.5 Å². The van der Waals surface area contributed by atoms with Gasteiger partial charge in [-0.3, -0.25) is 4.79 Å². The van der Waals surface area contributed by atoms with E-state index < -0.39 is 0 Å². The van der Waals surface area contributed by atoms with Crippen molar-refractivity contribution >= 4 is 17.5 Å². The van der Waals surface area contributed by atoms with Crippen molar-refractivity contribution in [1.82, 2.24) is 4.98 Å². The second-order valence-corrected chi connectivity index (χ2v) is 3.96. The molecule has 0 fully saturated rings. The minimum Gasteiger partial charge on any atom is -0.359 e. The molecule has 0 aliphatic heterocycles. The van der Waals surface area contributed by atoms with Crippen LogP contribution in [0.5, 0.6) is 0 Å². The molecule has 2 rings (SSSR count). The number of H-pyrrole nitrogens is 1. The van der Waals surface area contributed by atoms with Crippen LogP contribution in [0.3, 0.4) is 0 Å². The first-order chi connectivity index (χ1) is 7.33. The summed E-state index contributed by atoms with van der Waals surface area (Å²) in [5.74, 6) is 0.0463. The molecule has 15 heavy (non-hydrogen) atoms. The highest BCUT2D eigenvalue weighted by Gasteiger charge is 2.12. The number of ketones is 1. The maximum Gasteiger partial charge on any atom is 0.210 e. The van der Waals surface area contributed by atoms with Gasteiger partial charge in [0.25, 0.3) is 0 Å². The Bertz CT molecular complexity index is 462. The Morgan fingerprint density at radius 2 is 2.00 bits per heavy atom. The number of nitrogens with one attached hydrogen (secondary N) is 1. The molecule has 0 radical (unpaired) electrons. The van der Waals surface area contributed by atoms with E-state index in [1.807, 2.05) is 36.6 Å². The fraction of sp³-hybridized carbons (Fsp3) is 0.0833. The molecule has 1 N–H and O–H groups in total. The Kier molecular flexibility index (Phi) is 2.92. The van der Waals surface area contributed by atoms with E-state index in [9.17, 15) is 4.79 Å². The standard InChI is InChI=1S/C12H11NOS/c1-15-11-7-3-2-5-9(11)12(14)10-6-4-8-13-10/h2-8,13H,1H3. The second kappa shape index (κ2) is 4.36. The monoisotopic (exact) mass is 217 g/mol. The van der Waals surface area contributed by atoms with Crippen molar-refractivity contribution in [2.45, 2.75) is 4.90 Å². The minimum absolute atomic E-state index is 0.0463. The van der Waals surface area contributed by atoms with Crippen molar-refractivity contribution in [3.63, 3.8) is 0 Å². The molecule has 0 saturated carbocycles. The number of hydrogen-bond donors (Lipinski definition) is 1. The van der Waals surface area contributed by atoms with E-state index in [0.29, 0.717) is 5.69 Å². The average Bonchev–Trinajstić information content (AvgIpc) is 2.81. The Balaban J connectivity index is 2.42. The van der Waals surface area contributed by atoms with E-state index in [1.165, 1.54) is 0 Å². The molecule has 0 unspecified atom stereocenters. The molecule has 0 amide bonds. The molecule has 2 nitrogen and oxygen atoms in total. The lowest BCUT2D eigenvalue weighted by atomic mass is 10.1. The highest BCUT2D eigenvalue weighted by Crippen LogP contribution is 2.21. The van der Waals surface area contributed by atoms with E-state index in [0.717, 1.165) is 10.5 Å². The van der Waals surface area contributed by atoms with Crippen LogP contribution in [-0.2, 0) is 0 Å². The third kappa shape index (κ3) is 1.97. The van der Waals surface area contributed by atoms with Gasteiger partial charge >= 0.3 is 0 Å². The Labute approximate surface area is 92.7 Å². The summed E-state index contributed by atoms with van der Waals surface area (Å²) < 4.78 is 0. The first kappa shape index (κ1) is 10.1. The van der Waals surface area contributed by atoms with Gasteiger partial charge in [-0.15, -0.1) is 11.8 Å². The van der Waals surface area contributed by atoms with Crippen molar-refractivity contribution in [3.05, 3.63) is 53.9 Å². The molecule has 3 heteroatoms. The number of benzene rings is 1. The molecule has 0 atom stereocenters. The van der Waals surface area contributed by atoms with Crippen LogP contribution >= 0.6 is 11.8 Å². The quantitative estimate of drug-likeness (QED) is 0.633. The molecular formula is C12H11NOS. The first-order valence-electron chi connectivity index (χ1n) is 4.64. The van der Waals surface area contributed by atoms with Crippen LogP contribution in [0.4, 0.5) is 0 Å². The lowest BCUT2D eigenvalue weighted by Crippen LogP contribution is -2.02. The lowest BCUT2D eigenvalue weighted by Gasteiger charge is -2.04. The summed E-state index contributed by atoms with van der Waals surface area (Å²) in [7, 11) is 0. The lowest BCUT2D eigenvalue weighted by molar-refractivity contribution is 0.103. The summed E-state index contributed by atoms with van der Waals surface area (Å²) in [5, 5.41) is 0. The van der Waals surface area contributed by atoms with E-state index in [4.69, 9.17) is 0 Å². The summed E-state index contributed by atoms with van der Waals surface area (Å²) >= 11 is 1.59. The van der Waals surface area contributed by atoms with Gasteiger partial charge in [0.2, 0.25) is 5.78 Å². The van der Waals surface area contributed by atoms with E-state index >= 15 is 0 Å². The van der Waals surface area contributed by atoms with E-state index in [2.05, 4.69) is 4.98 Å². The summed E-state index contributed by atoms with van der Waals surface area (Å²) in [6.07, 6.45) is 3.73. The zero-order chi connectivity index (χ0) is 10.7. The third-order valence-corrected chi connectivity index (χ3v) is 2.99. The predicted octanol–water partition coefficient (Wildman–Crippen LogP) is 2.97. The number of aromatic amines is 1. The number of thioether (sulfide) groups is 1. The Morgan fingerprint density at radius 3 is 2.67 bits per heavy atom. The SMILES string of the molecule is CSc1ccccc1C(=O)c1ccc[nH]1. The van der Waals surface area contributed by atoms with Crippen molar-refractivity contribution < 1.29 is 4.79 Å². The Hall–Kier alpha value is -1.48. The van der Waals surface area contributed by atoms with Crippen molar-refractivity contribution in [3.8, 4) is 0 Å². The number of hydrogen-bond acceptors (Lipinski definition) is 2. The van der Waals surface area contributed by atoms with Crippen LogP contribution in [0.25, 0.3) is 0 Å². The summed E-state index contributed by atoms with van der Waals surface area (Å²) in [5.41, 5.74) is 1.39. The largest absolute Gasteiger partial charge is 0.359 e. The highest BCUT2D eigenvalue weighted by molar-refractivity contribution is 7.98. The zero-order valence-electron chi connectivity index (χ0n) is 8.36. The molecule has 2 aromatic rings. The van der Waals surface area contributed by atoms with Crippen LogP contribution in [0.1, 0.15) is 16.1 Å². The number of carbonyl (C=O) groups is 1. The normalized spacial score (nSPS) is 10.2. The summed E-state index contributed by atoms with van der Waals surface area (Å²) in [6.45, 7) is 0. The van der Waals surface area contributed by atoms with Crippen LogP contribution in [0.2, 0.25) is 0 Å². The van der Waals surface area contributed by atoms with Crippen LogP contribution in [-0.4, -0.2) is 17.0 Å². The van der Waals surface area contributed by atoms with Gasteiger partial charge in [-0.05, 0) is 30.5 Å². The maximum absolute atomic E-state index is 12.0. The first-order valence-corrected chi connectivity index (χ1v) is 5.86. The molecule has 0 bridgehead atoms. The summed E-state index contributed by atoms with van der Waals surface area (Å²) in [6, 6.07) is 11.3. The molecule has 0 spiro atoms. The molecule has 1 aromatic heterocycles. The highest BCUT2D eigenvalue weighted by atomic mass is 32.2. The van der Waals surface area contributed by atoms with E-state index in [-0.39, 0.29) is 5.78 Å². The molecule has 1 aromatic carbocycles. The molecule has 0 aliphatic rings. The van der Waals surface area contributed by atoms with Gasteiger partial charge in [0.05, 0.1) is 5.69 Å². The zero-order valence-corrected chi connectivity index (χ0v) is 9.17. The maximum atomic E-state index is 12.0. The molecule has 0 aliphatic carbocycles. The van der Waals surface area contributed by atoms with Gasteiger partial charge in [-0.2, -0.15) is 0 Å². The average molecular weight is 217 g/mol. The number of carbonyl (C=O) groups excluding carboxylic acids is 1. The van der Waals surface area contributed by atoms with Crippen LogP contribution in [0, 0.1) is 0 Å². The van der Waals surface area contributed by atoms with Gasteiger partial charge in [-0.1, -0.05) is 12.1 Å². The fourth-order valence-corrected chi connectivity index (χ4v) is 2.04. The predicted molar refractivity (Wildman–Crippen MR) is 62.4 cm³/mol. The number of aromatic nitrogens is 1. The fourth-order valence-electron chi connectivity index (χ4n) is 1.45. The molecule has 76 valence electrons. The molecule has 0 saturated heterocycles. The van der Waals surface area contributed by atoms with Crippen molar-refractivity contribution in [1.29, 1.82) is 0 Å². The summed E-state index contributed by atoms with van der Waals surface area (Å²) in [4.78, 5) is 16.0. The van der Waals surface area contributed by atoms with Gasteiger partial charge in [-0.25, -0.2) is 0 Å². The second-order valence-electron chi connectivity index (χ2n) is 3.11. The van der Waals surface area contributed by atoms with Gasteiger partial charge in [0, 0.05) is 16.7 Å². The van der Waals surface area contributed by atoms with Crippen molar-refractivity contribution in [2.24, 2.45) is 0 Å². The van der Waals surface area contributed by atoms with Gasteiger partial charge < -0.3 is 4.98 Å². The minimum atomic E-state index is 0.0463.